The van der Waals surface area contributed by atoms with Crippen molar-refractivity contribution in [1.29, 1.82) is 0 Å². The van der Waals surface area contributed by atoms with Crippen LogP contribution < -0.4 is 14.8 Å². The second kappa shape index (κ2) is 11.6. The zero-order valence-corrected chi connectivity index (χ0v) is 19.2. The minimum absolute atomic E-state index is 0.115. The third kappa shape index (κ3) is 7.31. The van der Waals surface area contributed by atoms with Crippen molar-refractivity contribution in [3.8, 4) is 17.2 Å². The smallest absolute Gasteiger partial charge is 0.239 e. The number of amides is 1. The van der Waals surface area contributed by atoms with Crippen LogP contribution in [-0.4, -0.2) is 77.9 Å². The van der Waals surface area contributed by atoms with E-state index in [1.807, 2.05) is 54.6 Å². The molecule has 9 nitrogen and oxygen atoms in total. The highest BCUT2D eigenvalue weighted by Crippen LogP contribution is 2.23. The van der Waals surface area contributed by atoms with E-state index < -0.39 is 6.10 Å². The van der Waals surface area contributed by atoms with Gasteiger partial charge in [0.05, 0.1) is 6.54 Å². The highest BCUT2D eigenvalue weighted by Gasteiger charge is 2.21. The van der Waals surface area contributed by atoms with Crippen LogP contribution in [-0.2, 0) is 4.79 Å². The van der Waals surface area contributed by atoms with Gasteiger partial charge in [-0.2, -0.15) is 0 Å². The molecule has 0 radical (unpaired) electrons. The van der Waals surface area contributed by atoms with Crippen molar-refractivity contribution >= 4 is 11.7 Å². The lowest BCUT2D eigenvalue weighted by molar-refractivity contribution is -0.117. The van der Waals surface area contributed by atoms with E-state index in [1.54, 1.807) is 13.0 Å². The Hall–Kier alpha value is -3.40. The van der Waals surface area contributed by atoms with Crippen LogP contribution in [0.15, 0.2) is 65.2 Å². The minimum Gasteiger partial charge on any atom is -0.491 e. The van der Waals surface area contributed by atoms with Crippen molar-refractivity contribution in [2.75, 3.05) is 51.2 Å². The average molecular weight is 467 g/mol. The molecule has 3 aromatic rings. The molecule has 1 atom stereocenters. The van der Waals surface area contributed by atoms with Crippen LogP contribution >= 0.6 is 0 Å². The summed E-state index contributed by atoms with van der Waals surface area (Å²) in [5.41, 5.74) is 0. The van der Waals surface area contributed by atoms with Gasteiger partial charge in [-0.15, -0.1) is 0 Å². The number of carbonyl (C=O) groups excluding carboxylic acids is 1. The third-order valence-electron chi connectivity index (χ3n) is 5.44. The number of ether oxygens (including phenoxy) is 2. The number of rotatable bonds is 10. The molecule has 180 valence electrons. The maximum absolute atomic E-state index is 12.2. The van der Waals surface area contributed by atoms with E-state index in [-0.39, 0.29) is 12.5 Å². The summed E-state index contributed by atoms with van der Waals surface area (Å²) in [5, 5.41) is 16.9. The second-order valence-electron chi connectivity index (χ2n) is 8.30. The van der Waals surface area contributed by atoms with E-state index in [9.17, 15) is 9.90 Å². The highest BCUT2D eigenvalue weighted by atomic mass is 16.5. The number of carbonyl (C=O) groups is 1. The predicted molar refractivity (Wildman–Crippen MR) is 127 cm³/mol. The number of piperazine rings is 1. The molecule has 1 aliphatic heterocycles. The molecule has 1 saturated heterocycles. The van der Waals surface area contributed by atoms with Crippen LogP contribution in [0.25, 0.3) is 0 Å². The van der Waals surface area contributed by atoms with Crippen LogP contribution in [0, 0.1) is 6.92 Å². The van der Waals surface area contributed by atoms with Crippen molar-refractivity contribution in [1.82, 2.24) is 15.0 Å². The molecule has 34 heavy (non-hydrogen) atoms. The molecular formula is C25H30N4O5. The normalized spacial score (nSPS) is 15.6. The number of benzene rings is 2. The van der Waals surface area contributed by atoms with E-state index in [1.165, 1.54) is 0 Å². The summed E-state index contributed by atoms with van der Waals surface area (Å²) in [4.78, 5) is 16.4. The van der Waals surface area contributed by atoms with Crippen LogP contribution in [0.5, 0.6) is 17.2 Å². The number of aliphatic hydroxyl groups is 1. The Labute approximate surface area is 198 Å². The molecule has 0 bridgehead atoms. The van der Waals surface area contributed by atoms with E-state index >= 15 is 0 Å². The van der Waals surface area contributed by atoms with Crippen molar-refractivity contribution in [3.05, 3.63) is 66.4 Å². The Morgan fingerprint density at radius 3 is 2.35 bits per heavy atom. The minimum atomic E-state index is -0.606. The maximum Gasteiger partial charge on any atom is 0.239 e. The van der Waals surface area contributed by atoms with Crippen molar-refractivity contribution in [2.45, 2.75) is 13.0 Å². The molecule has 2 N–H and O–H groups in total. The molecule has 1 fully saturated rings. The molecule has 2 heterocycles. The number of aliphatic hydroxyl groups excluding tert-OH is 1. The quantitative estimate of drug-likeness (QED) is 0.471. The van der Waals surface area contributed by atoms with Gasteiger partial charge in [0.1, 0.15) is 35.7 Å². The van der Waals surface area contributed by atoms with Crippen molar-refractivity contribution in [3.63, 3.8) is 0 Å². The number of nitrogens with zero attached hydrogens (tertiary/aromatic N) is 3. The summed E-state index contributed by atoms with van der Waals surface area (Å²) < 4.78 is 16.5. The van der Waals surface area contributed by atoms with Gasteiger partial charge in [-0.05, 0) is 43.3 Å². The summed E-state index contributed by atoms with van der Waals surface area (Å²) in [6.45, 7) is 5.86. The predicted octanol–water partition coefficient (Wildman–Crippen LogP) is 2.77. The average Bonchev–Trinajstić information content (AvgIpc) is 3.25. The van der Waals surface area contributed by atoms with Gasteiger partial charge in [-0.1, -0.05) is 23.4 Å². The van der Waals surface area contributed by atoms with Gasteiger partial charge >= 0.3 is 0 Å². The number of aromatic nitrogens is 1. The summed E-state index contributed by atoms with van der Waals surface area (Å²) in [6, 6.07) is 18.6. The maximum atomic E-state index is 12.2. The van der Waals surface area contributed by atoms with Gasteiger partial charge in [-0.25, -0.2) is 0 Å². The van der Waals surface area contributed by atoms with Crippen LogP contribution in [0.2, 0.25) is 0 Å². The zero-order chi connectivity index (χ0) is 23.8. The van der Waals surface area contributed by atoms with E-state index in [0.717, 1.165) is 37.7 Å². The van der Waals surface area contributed by atoms with Gasteiger partial charge < -0.3 is 24.4 Å². The largest absolute Gasteiger partial charge is 0.491 e. The second-order valence-corrected chi connectivity index (χ2v) is 8.30. The summed E-state index contributed by atoms with van der Waals surface area (Å²) in [7, 11) is 0. The topological polar surface area (TPSA) is 100 Å². The molecule has 0 saturated carbocycles. The standard InChI is InChI=1S/C25H30N4O5/c1-19-15-24(27-34-19)26-25(31)17-29-13-11-28(12-14-29)16-20(30)18-32-21-7-9-23(10-8-21)33-22-5-3-2-4-6-22/h2-10,15,20,30H,11-14,16-18H2,1H3,(H,26,27,31)/t20-/m1/s1. The Morgan fingerprint density at radius 2 is 1.68 bits per heavy atom. The molecule has 1 aliphatic rings. The fourth-order valence-corrected chi connectivity index (χ4v) is 3.71. The molecule has 0 spiro atoms. The van der Waals surface area contributed by atoms with Gasteiger partial charge in [0, 0.05) is 38.8 Å². The SMILES string of the molecule is Cc1cc(NC(=O)CN2CCN(C[C@@H](O)COc3ccc(Oc4ccccc4)cc3)CC2)no1. The Bertz CT molecular complexity index is 1030. The summed E-state index contributed by atoms with van der Waals surface area (Å²) in [6.07, 6.45) is -0.606. The fourth-order valence-electron chi connectivity index (χ4n) is 3.71. The molecule has 4 rings (SSSR count). The number of hydrogen-bond acceptors (Lipinski definition) is 8. The van der Waals surface area contributed by atoms with Crippen LogP contribution in [0.4, 0.5) is 5.82 Å². The lowest BCUT2D eigenvalue weighted by Gasteiger charge is -2.35. The lowest BCUT2D eigenvalue weighted by Crippen LogP contribution is -2.50. The first kappa shape index (κ1) is 23.7. The first-order valence-corrected chi connectivity index (χ1v) is 11.4. The molecule has 9 heteroatoms. The van der Waals surface area contributed by atoms with Gasteiger partial charge in [0.2, 0.25) is 5.91 Å². The number of nitrogens with one attached hydrogen (secondary N) is 1. The van der Waals surface area contributed by atoms with E-state index in [4.69, 9.17) is 14.0 Å². The Kier molecular flexibility index (Phi) is 8.13. The zero-order valence-electron chi connectivity index (χ0n) is 19.2. The number of aryl methyl sites for hydroxylation is 1. The number of anilines is 1. The first-order valence-electron chi connectivity index (χ1n) is 11.4. The molecule has 0 aliphatic carbocycles. The third-order valence-corrected chi connectivity index (χ3v) is 5.44. The Morgan fingerprint density at radius 1 is 1.03 bits per heavy atom. The molecular weight excluding hydrogens is 436 g/mol. The Balaban J connectivity index is 1.12. The summed E-state index contributed by atoms with van der Waals surface area (Å²) in [5.74, 6) is 3.15. The molecule has 0 unspecified atom stereocenters. The monoisotopic (exact) mass is 466 g/mol. The van der Waals surface area contributed by atoms with Crippen molar-refractivity contribution < 1.29 is 23.9 Å². The number of hydrogen-bond donors (Lipinski definition) is 2. The highest BCUT2D eigenvalue weighted by molar-refractivity contribution is 5.91. The first-order chi connectivity index (χ1) is 16.5. The van der Waals surface area contributed by atoms with Gasteiger partial charge in [0.25, 0.3) is 0 Å². The van der Waals surface area contributed by atoms with Crippen molar-refractivity contribution in [2.24, 2.45) is 0 Å². The molecule has 1 amide bonds. The summed E-state index contributed by atoms with van der Waals surface area (Å²) >= 11 is 0. The number of para-hydroxylation sites is 1. The van der Waals surface area contributed by atoms with Gasteiger partial charge in [0.15, 0.2) is 5.82 Å². The van der Waals surface area contributed by atoms with Crippen LogP contribution in [0.3, 0.4) is 0 Å². The fraction of sp³-hybridized carbons (Fsp3) is 0.360. The molecule has 1 aromatic heterocycles. The lowest BCUT2D eigenvalue weighted by atomic mass is 10.2. The van der Waals surface area contributed by atoms with Crippen LogP contribution in [0.1, 0.15) is 5.76 Å². The van der Waals surface area contributed by atoms with E-state index in [2.05, 4.69) is 20.3 Å². The molecule has 2 aromatic carbocycles. The van der Waals surface area contributed by atoms with E-state index in [0.29, 0.717) is 30.4 Å². The van der Waals surface area contributed by atoms with Gasteiger partial charge in [-0.3, -0.25) is 14.6 Å². The number of β-amino-alcohol motifs (C(OH)–C–C–N with tert-alkyl or cyclic N) is 1.